The van der Waals surface area contributed by atoms with Crippen LogP contribution in [0.2, 0.25) is 0 Å². The average molecular weight is 531 g/mol. The normalized spacial score (nSPS) is 22.7. The summed E-state index contributed by atoms with van der Waals surface area (Å²) in [7, 11) is 1.48. The van der Waals surface area contributed by atoms with Gasteiger partial charge in [-0.3, -0.25) is 9.59 Å². The third-order valence-electron chi connectivity index (χ3n) is 8.49. The highest BCUT2D eigenvalue weighted by Gasteiger charge is 2.31. The van der Waals surface area contributed by atoms with Gasteiger partial charge in [0.2, 0.25) is 0 Å². The number of fused-ring (bicyclic) bond motifs is 1. The van der Waals surface area contributed by atoms with Crippen LogP contribution in [-0.2, 0) is 16.0 Å². The highest BCUT2D eigenvalue weighted by Crippen LogP contribution is 2.37. The van der Waals surface area contributed by atoms with Crippen molar-refractivity contribution >= 4 is 11.6 Å². The fourth-order valence-corrected chi connectivity index (χ4v) is 6.14. The lowest BCUT2D eigenvalue weighted by molar-refractivity contribution is -0.141. The molecule has 5 nitrogen and oxygen atoms in total. The van der Waals surface area contributed by atoms with Crippen LogP contribution in [0.3, 0.4) is 0 Å². The number of aliphatic hydroxyl groups is 1. The van der Waals surface area contributed by atoms with Gasteiger partial charge in [-0.15, -0.1) is 5.92 Å². The number of unbranched alkanes of at least 4 members (excludes halogenated alkanes) is 2. The van der Waals surface area contributed by atoms with Gasteiger partial charge in [0.15, 0.2) is 29.2 Å². The van der Waals surface area contributed by atoms with E-state index in [2.05, 4.69) is 11.8 Å². The molecule has 3 unspecified atom stereocenters. The number of hydrogen-bond donors (Lipinski definition) is 2. The van der Waals surface area contributed by atoms with Crippen molar-refractivity contribution in [3.8, 4) is 23.3 Å². The lowest BCUT2D eigenvalue weighted by Crippen LogP contribution is -2.35. The Balaban J connectivity index is 1.56. The standard InChI is InChI=1S/C34H42O5/c1-39-32-22-27-20-21-30(35)34(38)33(37)26(17-10-3-7-14-24-12-5-2-6-13-24)18-11-19-28(29(27)23-31(32)36)25-15-8-4-9-16-25/h4,8-9,15-16,22-24,26,28,34,36,38H,2-3,5-7,10,12-14,17-18,20-21H2,1H3. The van der Waals surface area contributed by atoms with Crippen molar-refractivity contribution < 1.29 is 24.5 Å². The lowest BCUT2D eigenvalue weighted by Gasteiger charge is -2.22. The predicted molar refractivity (Wildman–Crippen MR) is 153 cm³/mol. The average Bonchev–Trinajstić information content (AvgIpc) is 2.97. The van der Waals surface area contributed by atoms with Crippen molar-refractivity contribution in [2.75, 3.05) is 7.11 Å². The molecular weight excluding hydrogens is 488 g/mol. The molecular formula is C34H42O5. The van der Waals surface area contributed by atoms with E-state index in [0.717, 1.165) is 35.4 Å². The van der Waals surface area contributed by atoms with Gasteiger partial charge in [-0.25, -0.2) is 0 Å². The first-order valence-electron chi connectivity index (χ1n) is 14.7. The predicted octanol–water partition coefficient (Wildman–Crippen LogP) is 6.52. The van der Waals surface area contributed by atoms with E-state index in [1.807, 2.05) is 30.3 Å². The van der Waals surface area contributed by atoms with Gasteiger partial charge < -0.3 is 14.9 Å². The number of methoxy groups -OCH3 is 1. The number of carbonyl (C=O) groups excluding carboxylic acids is 2. The molecule has 1 fully saturated rings. The zero-order valence-corrected chi connectivity index (χ0v) is 23.2. The molecule has 0 heterocycles. The molecule has 0 spiro atoms. The smallest absolute Gasteiger partial charge is 0.172 e. The number of Topliss-reactive ketones (excluding diaryl/α,β-unsaturated/α-hetero) is 2. The summed E-state index contributed by atoms with van der Waals surface area (Å²) in [5, 5.41) is 21.3. The zero-order chi connectivity index (χ0) is 27.6. The highest BCUT2D eigenvalue weighted by molar-refractivity contribution is 6.06. The molecule has 39 heavy (non-hydrogen) atoms. The second-order valence-corrected chi connectivity index (χ2v) is 11.2. The Morgan fingerprint density at radius 3 is 2.44 bits per heavy atom. The summed E-state index contributed by atoms with van der Waals surface area (Å²) < 4.78 is 5.32. The van der Waals surface area contributed by atoms with Crippen LogP contribution in [0.25, 0.3) is 0 Å². The van der Waals surface area contributed by atoms with E-state index < -0.39 is 23.6 Å². The molecule has 5 heteroatoms. The number of ether oxygens (including phenoxy) is 1. The van der Waals surface area contributed by atoms with E-state index in [4.69, 9.17) is 4.74 Å². The summed E-state index contributed by atoms with van der Waals surface area (Å²) in [6, 6.07) is 13.3. The Kier molecular flexibility index (Phi) is 10.6. The lowest BCUT2D eigenvalue weighted by atomic mass is 9.83. The van der Waals surface area contributed by atoms with Gasteiger partial charge in [0.05, 0.1) is 13.0 Å². The quantitative estimate of drug-likeness (QED) is 0.231. The highest BCUT2D eigenvalue weighted by atomic mass is 16.5. The molecule has 0 aromatic heterocycles. The van der Waals surface area contributed by atoms with Gasteiger partial charge in [-0.2, -0.15) is 0 Å². The van der Waals surface area contributed by atoms with Gasteiger partial charge in [0.25, 0.3) is 0 Å². The first kappa shape index (κ1) is 28.9. The van der Waals surface area contributed by atoms with E-state index in [9.17, 15) is 19.8 Å². The van der Waals surface area contributed by atoms with Gasteiger partial charge >= 0.3 is 0 Å². The van der Waals surface area contributed by atoms with Crippen molar-refractivity contribution in [2.45, 2.75) is 95.5 Å². The second kappa shape index (κ2) is 14.3. The van der Waals surface area contributed by atoms with Crippen molar-refractivity contribution in [2.24, 2.45) is 11.8 Å². The summed E-state index contributed by atoms with van der Waals surface area (Å²) in [5.74, 6) is 6.13. The minimum absolute atomic E-state index is 0.0127. The first-order chi connectivity index (χ1) is 19.0. The summed E-state index contributed by atoms with van der Waals surface area (Å²) in [5.41, 5.74) is 2.58. The van der Waals surface area contributed by atoms with E-state index >= 15 is 0 Å². The number of phenols is 1. The molecule has 0 bridgehead atoms. The molecule has 2 aromatic rings. The number of ketones is 2. The molecule has 2 aliphatic rings. The molecule has 0 aliphatic heterocycles. The Morgan fingerprint density at radius 1 is 0.949 bits per heavy atom. The van der Waals surface area contributed by atoms with E-state index in [0.29, 0.717) is 25.0 Å². The molecule has 4 rings (SSSR count). The number of benzene rings is 2. The molecule has 1 saturated carbocycles. The summed E-state index contributed by atoms with van der Waals surface area (Å²) >= 11 is 0. The molecule has 2 N–H and O–H groups in total. The summed E-state index contributed by atoms with van der Waals surface area (Å²) in [4.78, 5) is 26.2. The number of aryl methyl sites for hydroxylation is 1. The van der Waals surface area contributed by atoms with Gasteiger partial charge in [0, 0.05) is 18.8 Å². The van der Waals surface area contributed by atoms with Crippen LogP contribution in [0, 0.1) is 23.7 Å². The maximum atomic E-state index is 13.2. The molecule has 2 aliphatic carbocycles. The molecule has 2 aromatic carbocycles. The zero-order valence-electron chi connectivity index (χ0n) is 23.2. The minimum Gasteiger partial charge on any atom is -0.504 e. The first-order valence-corrected chi connectivity index (χ1v) is 14.7. The second-order valence-electron chi connectivity index (χ2n) is 11.2. The summed E-state index contributed by atoms with van der Waals surface area (Å²) in [6.07, 6.45) is 10.8. The van der Waals surface area contributed by atoms with E-state index in [1.165, 1.54) is 52.1 Å². The van der Waals surface area contributed by atoms with Gasteiger partial charge in [-0.1, -0.05) is 94.0 Å². The maximum absolute atomic E-state index is 13.2. The van der Waals surface area contributed by atoms with Crippen molar-refractivity contribution in [3.63, 3.8) is 0 Å². The topological polar surface area (TPSA) is 83.8 Å². The number of aromatic hydroxyl groups is 1. The fourth-order valence-electron chi connectivity index (χ4n) is 6.14. The van der Waals surface area contributed by atoms with Crippen molar-refractivity contribution in [1.82, 2.24) is 0 Å². The molecule has 0 saturated heterocycles. The minimum atomic E-state index is -1.62. The van der Waals surface area contributed by atoms with E-state index in [1.54, 1.807) is 12.1 Å². The Bertz CT molecular complexity index is 1170. The Hall–Kier alpha value is -3.10. The number of phenolic OH excluding ortho intramolecular Hbond substituents is 1. The SMILES string of the molecule is COc1cc2c(cc1O)C(c1ccccc1)C#CCC(CCCCCC1CCCCC1)C(=O)C(O)C(=O)CC2. The Labute approximate surface area is 233 Å². The molecule has 0 amide bonds. The van der Waals surface area contributed by atoms with Crippen LogP contribution < -0.4 is 4.74 Å². The monoisotopic (exact) mass is 530 g/mol. The molecule has 3 atom stereocenters. The number of rotatable bonds is 8. The third-order valence-corrected chi connectivity index (χ3v) is 8.49. The van der Waals surface area contributed by atoms with Crippen LogP contribution in [0.15, 0.2) is 42.5 Å². The van der Waals surface area contributed by atoms with Crippen LogP contribution >= 0.6 is 0 Å². The maximum Gasteiger partial charge on any atom is 0.172 e. The number of carbonyl (C=O) groups is 2. The molecule has 208 valence electrons. The number of hydrogen-bond acceptors (Lipinski definition) is 5. The fraction of sp³-hybridized carbons (Fsp3) is 0.529. The largest absolute Gasteiger partial charge is 0.504 e. The van der Waals surface area contributed by atoms with E-state index in [-0.39, 0.29) is 18.1 Å². The van der Waals surface area contributed by atoms with Gasteiger partial charge in [-0.05, 0) is 47.6 Å². The summed E-state index contributed by atoms with van der Waals surface area (Å²) in [6.45, 7) is 0. The van der Waals surface area contributed by atoms with Crippen LogP contribution in [0.1, 0.15) is 99.7 Å². The van der Waals surface area contributed by atoms with Crippen LogP contribution in [0.5, 0.6) is 11.5 Å². The number of aliphatic hydroxyl groups excluding tert-OH is 1. The van der Waals surface area contributed by atoms with Crippen LogP contribution in [-0.4, -0.2) is 35.0 Å². The third kappa shape index (κ3) is 7.73. The van der Waals surface area contributed by atoms with Crippen molar-refractivity contribution in [3.05, 3.63) is 59.2 Å². The van der Waals surface area contributed by atoms with Gasteiger partial charge in [0.1, 0.15) is 0 Å². The van der Waals surface area contributed by atoms with Crippen molar-refractivity contribution in [1.29, 1.82) is 0 Å². The van der Waals surface area contributed by atoms with Crippen LogP contribution in [0.4, 0.5) is 0 Å². The Morgan fingerprint density at radius 2 is 1.69 bits per heavy atom. The molecule has 0 radical (unpaired) electrons.